The maximum absolute atomic E-state index is 12.2. The molecular weight excluding hydrogens is 324 g/mol. The maximum Gasteiger partial charge on any atom is 0.261 e. The molecule has 0 heterocycles. The number of nitriles is 1. The van der Waals surface area contributed by atoms with Crippen LogP contribution in [0, 0.1) is 11.3 Å². The molecule has 132 valence electrons. The summed E-state index contributed by atoms with van der Waals surface area (Å²) >= 11 is 0. The van der Waals surface area contributed by atoms with Gasteiger partial charge in [0.25, 0.3) is 5.91 Å². The molecule has 0 saturated heterocycles. The quantitative estimate of drug-likeness (QED) is 0.324. The Labute approximate surface area is 154 Å². The lowest BCUT2D eigenvalue weighted by molar-refractivity contribution is -0.117. The lowest BCUT2D eigenvalue weighted by Crippen LogP contribution is -2.25. The summed E-state index contributed by atoms with van der Waals surface area (Å²) in [4.78, 5) is 12.2. The van der Waals surface area contributed by atoms with Gasteiger partial charge in [-0.3, -0.25) is 4.79 Å². The summed E-state index contributed by atoms with van der Waals surface area (Å²) in [7, 11) is 0. The summed E-state index contributed by atoms with van der Waals surface area (Å²) in [5.41, 5.74) is 2.09. The fourth-order valence-corrected chi connectivity index (χ4v) is 2.37. The summed E-state index contributed by atoms with van der Waals surface area (Å²) in [5, 5.41) is 12.0. The summed E-state index contributed by atoms with van der Waals surface area (Å²) in [6.45, 7) is 4.56. The number of hydrogen-bond acceptors (Lipinski definition) is 3. The van der Waals surface area contributed by atoms with Crippen LogP contribution in [0.4, 0.5) is 0 Å². The zero-order valence-corrected chi connectivity index (χ0v) is 14.7. The van der Waals surface area contributed by atoms with E-state index < -0.39 is 0 Å². The highest BCUT2D eigenvalue weighted by molar-refractivity contribution is 6.01. The van der Waals surface area contributed by atoms with E-state index in [2.05, 4.69) is 24.0 Å². The van der Waals surface area contributed by atoms with Crippen LogP contribution in [0.2, 0.25) is 0 Å². The van der Waals surface area contributed by atoms with Gasteiger partial charge in [0.05, 0.1) is 0 Å². The standard InChI is InChI=1S/C22H22N2O2/c1-2-15-26-21-12-10-19(11-13-21)16-20(17-23)22(25)24-14-6-9-18-7-4-3-5-8-18/h2-5,7-8,10-13,16H,1,6,9,14-15H2,(H,24,25)/b20-16-. The van der Waals surface area contributed by atoms with Crippen LogP contribution >= 0.6 is 0 Å². The number of ether oxygens (including phenoxy) is 1. The van der Waals surface area contributed by atoms with Gasteiger partial charge in [-0.25, -0.2) is 0 Å². The number of nitrogens with zero attached hydrogens (tertiary/aromatic N) is 1. The first-order valence-electron chi connectivity index (χ1n) is 8.50. The van der Waals surface area contributed by atoms with Crippen molar-refractivity contribution in [1.29, 1.82) is 5.26 Å². The number of rotatable bonds is 9. The van der Waals surface area contributed by atoms with Gasteiger partial charge in [-0.05, 0) is 42.2 Å². The Morgan fingerprint density at radius 3 is 2.54 bits per heavy atom. The van der Waals surface area contributed by atoms with E-state index in [9.17, 15) is 10.1 Å². The Morgan fingerprint density at radius 1 is 1.15 bits per heavy atom. The Kier molecular flexibility index (Phi) is 7.70. The van der Waals surface area contributed by atoms with Gasteiger partial charge in [-0.15, -0.1) is 0 Å². The number of carbonyl (C=O) groups is 1. The molecule has 4 heteroatoms. The van der Waals surface area contributed by atoms with Crippen LogP contribution in [0.15, 0.2) is 72.8 Å². The first kappa shape index (κ1) is 19.0. The van der Waals surface area contributed by atoms with Crippen molar-refractivity contribution in [2.45, 2.75) is 12.8 Å². The fraction of sp³-hybridized carbons (Fsp3) is 0.182. The highest BCUT2D eigenvalue weighted by Crippen LogP contribution is 2.14. The molecule has 0 atom stereocenters. The van der Waals surface area contributed by atoms with Crippen LogP contribution in [0.3, 0.4) is 0 Å². The van der Waals surface area contributed by atoms with Gasteiger partial charge >= 0.3 is 0 Å². The van der Waals surface area contributed by atoms with Crippen molar-refractivity contribution >= 4 is 12.0 Å². The largest absolute Gasteiger partial charge is 0.490 e. The molecule has 4 nitrogen and oxygen atoms in total. The van der Waals surface area contributed by atoms with E-state index in [1.54, 1.807) is 36.4 Å². The lowest BCUT2D eigenvalue weighted by Gasteiger charge is -2.05. The Morgan fingerprint density at radius 2 is 1.88 bits per heavy atom. The van der Waals surface area contributed by atoms with Gasteiger partial charge in [0.15, 0.2) is 0 Å². The van der Waals surface area contributed by atoms with Gasteiger partial charge in [-0.1, -0.05) is 55.1 Å². The van der Waals surface area contributed by atoms with Crippen LogP contribution < -0.4 is 10.1 Å². The van der Waals surface area contributed by atoms with Gasteiger partial charge in [0.2, 0.25) is 0 Å². The van der Waals surface area contributed by atoms with Crippen molar-refractivity contribution in [2.24, 2.45) is 0 Å². The SMILES string of the molecule is C=CCOc1ccc(/C=C(/C#N)C(=O)NCCCc2ccccc2)cc1. The van der Waals surface area contributed by atoms with Crippen LogP contribution in [-0.4, -0.2) is 19.1 Å². The molecule has 2 rings (SSSR count). The van der Waals surface area contributed by atoms with Crippen molar-refractivity contribution in [1.82, 2.24) is 5.32 Å². The van der Waals surface area contributed by atoms with E-state index in [1.165, 1.54) is 5.56 Å². The number of benzene rings is 2. The van der Waals surface area contributed by atoms with Crippen LogP contribution in [0.1, 0.15) is 17.5 Å². The number of nitrogens with one attached hydrogen (secondary N) is 1. The van der Waals surface area contributed by atoms with Gasteiger partial charge in [-0.2, -0.15) is 5.26 Å². The van der Waals surface area contributed by atoms with Crippen molar-refractivity contribution < 1.29 is 9.53 Å². The van der Waals surface area contributed by atoms with Crippen LogP contribution in [0.5, 0.6) is 5.75 Å². The third-order valence-electron chi connectivity index (χ3n) is 3.69. The van der Waals surface area contributed by atoms with E-state index in [0.29, 0.717) is 18.9 Å². The zero-order valence-electron chi connectivity index (χ0n) is 14.7. The molecule has 0 aromatic heterocycles. The van der Waals surface area contributed by atoms with Gasteiger partial charge in [0, 0.05) is 6.54 Å². The predicted molar refractivity (Wildman–Crippen MR) is 103 cm³/mol. The van der Waals surface area contributed by atoms with Crippen LogP contribution in [-0.2, 0) is 11.2 Å². The molecule has 0 aliphatic heterocycles. The van der Waals surface area contributed by atoms with Gasteiger partial charge < -0.3 is 10.1 Å². The first-order valence-corrected chi connectivity index (χ1v) is 8.50. The molecule has 0 saturated carbocycles. The monoisotopic (exact) mass is 346 g/mol. The Hall–Kier alpha value is -3.32. The van der Waals surface area contributed by atoms with Gasteiger partial charge in [0.1, 0.15) is 24.0 Å². The minimum atomic E-state index is -0.354. The molecular formula is C22H22N2O2. The summed E-state index contributed by atoms with van der Waals surface area (Å²) in [5.74, 6) is 0.360. The number of aryl methyl sites for hydroxylation is 1. The van der Waals surface area contributed by atoms with E-state index in [-0.39, 0.29) is 11.5 Å². The van der Waals surface area contributed by atoms with Crippen molar-refractivity contribution in [2.75, 3.05) is 13.2 Å². The van der Waals surface area contributed by atoms with E-state index in [0.717, 1.165) is 18.4 Å². The van der Waals surface area contributed by atoms with Crippen molar-refractivity contribution in [3.63, 3.8) is 0 Å². The highest BCUT2D eigenvalue weighted by atomic mass is 16.5. The third kappa shape index (κ3) is 6.29. The molecule has 0 spiro atoms. The van der Waals surface area contributed by atoms with E-state index in [4.69, 9.17) is 4.74 Å². The minimum absolute atomic E-state index is 0.0875. The number of amides is 1. The topological polar surface area (TPSA) is 62.1 Å². The molecule has 0 radical (unpaired) electrons. The molecule has 26 heavy (non-hydrogen) atoms. The number of hydrogen-bond donors (Lipinski definition) is 1. The van der Waals surface area contributed by atoms with Crippen molar-refractivity contribution in [3.8, 4) is 11.8 Å². The molecule has 0 aliphatic carbocycles. The second-order valence-electron chi connectivity index (χ2n) is 5.68. The number of carbonyl (C=O) groups excluding carboxylic acids is 1. The summed E-state index contributed by atoms with van der Waals surface area (Å²) in [6, 6.07) is 19.3. The zero-order chi connectivity index (χ0) is 18.6. The third-order valence-corrected chi connectivity index (χ3v) is 3.69. The Balaban J connectivity index is 1.86. The van der Waals surface area contributed by atoms with E-state index in [1.807, 2.05) is 24.3 Å². The average Bonchev–Trinajstić information content (AvgIpc) is 2.69. The summed E-state index contributed by atoms with van der Waals surface area (Å²) < 4.78 is 5.41. The molecule has 2 aromatic rings. The molecule has 0 fully saturated rings. The molecule has 0 unspecified atom stereocenters. The smallest absolute Gasteiger partial charge is 0.261 e. The average molecular weight is 346 g/mol. The normalized spacial score (nSPS) is 10.7. The fourth-order valence-electron chi connectivity index (χ4n) is 2.37. The second-order valence-corrected chi connectivity index (χ2v) is 5.68. The Bertz CT molecular complexity index is 787. The van der Waals surface area contributed by atoms with Crippen molar-refractivity contribution in [3.05, 3.63) is 84.0 Å². The molecule has 1 N–H and O–H groups in total. The predicted octanol–water partition coefficient (Wildman–Crippen LogP) is 3.91. The first-order chi connectivity index (χ1) is 12.7. The molecule has 2 aromatic carbocycles. The molecule has 0 bridgehead atoms. The maximum atomic E-state index is 12.2. The molecule has 1 amide bonds. The highest BCUT2D eigenvalue weighted by Gasteiger charge is 2.08. The second kappa shape index (κ2) is 10.5. The lowest BCUT2D eigenvalue weighted by atomic mass is 10.1. The summed E-state index contributed by atoms with van der Waals surface area (Å²) in [6.07, 6.45) is 4.95. The molecule has 0 aliphatic rings. The van der Waals surface area contributed by atoms with Crippen LogP contribution in [0.25, 0.3) is 6.08 Å². The van der Waals surface area contributed by atoms with E-state index >= 15 is 0 Å². The minimum Gasteiger partial charge on any atom is -0.490 e.